The van der Waals surface area contributed by atoms with Crippen LogP contribution in [0.4, 0.5) is 6.01 Å². The third-order valence-electron chi connectivity index (χ3n) is 3.16. The maximum Gasteiger partial charge on any atom is 0.310 e. The van der Waals surface area contributed by atoms with Crippen molar-refractivity contribution in [1.82, 2.24) is 4.98 Å². The van der Waals surface area contributed by atoms with E-state index in [1.54, 1.807) is 27.7 Å². The van der Waals surface area contributed by atoms with Gasteiger partial charge in [0.2, 0.25) is 5.91 Å². The topological polar surface area (TPSA) is 92.4 Å². The summed E-state index contributed by atoms with van der Waals surface area (Å²) in [6.07, 6.45) is 1.29. The van der Waals surface area contributed by atoms with Gasteiger partial charge in [-0.1, -0.05) is 13.8 Å². The van der Waals surface area contributed by atoms with Gasteiger partial charge in [-0.2, -0.15) is 4.98 Å². The first-order valence-electron chi connectivity index (χ1n) is 5.71. The van der Waals surface area contributed by atoms with E-state index >= 15 is 0 Å². The number of carbonyl (C=O) groups is 2. The molecule has 18 heavy (non-hydrogen) atoms. The standard InChI is InChI=1S/C12H18N2O4/c1-7(2)12(4,10(16)17)5-9(15)14-11-13-8(3)6-18-11/h6-7H,5H2,1-4H3,(H,16,17)(H,13,14,15). The van der Waals surface area contributed by atoms with Crippen LogP contribution in [0.15, 0.2) is 10.7 Å². The molecule has 1 aromatic heterocycles. The molecule has 0 aliphatic carbocycles. The van der Waals surface area contributed by atoms with Gasteiger partial charge in [0.1, 0.15) is 6.26 Å². The summed E-state index contributed by atoms with van der Waals surface area (Å²) in [6.45, 7) is 6.84. The number of oxazole rings is 1. The first-order chi connectivity index (χ1) is 8.25. The predicted octanol–water partition coefficient (Wildman–Crippen LogP) is 2.06. The van der Waals surface area contributed by atoms with E-state index < -0.39 is 17.3 Å². The quantitative estimate of drug-likeness (QED) is 0.839. The molecule has 1 unspecified atom stereocenters. The van der Waals surface area contributed by atoms with E-state index in [-0.39, 0.29) is 18.4 Å². The molecule has 1 atom stereocenters. The molecule has 0 radical (unpaired) electrons. The Kier molecular flexibility index (Phi) is 4.11. The molecule has 1 aromatic rings. The summed E-state index contributed by atoms with van der Waals surface area (Å²) in [4.78, 5) is 26.9. The Labute approximate surface area is 105 Å². The van der Waals surface area contributed by atoms with Gasteiger partial charge in [-0.05, 0) is 19.8 Å². The predicted molar refractivity (Wildman–Crippen MR) is 65.1 cm³/mol. The monoisotopic (exact) mass is 254 g/mol. The van der Waals surface area contributed by atoms with Gasteiger partial charge < -0.3 is 9.52 Å². The van der Waals surface area contributed by atoms with Crippen LogP contribution in [0, 0.1) is 18.3 Å². The highest BCUT2D eigenvalue weighted by Crippen LogP contribution is 2.31. The van der Waals surface area contributed by atoms with Crippen LogP contribution in [0.5, 0.6) is 0 Å². The van der Waals surface area contributed by atoms with E-state index in [2.05, 4.69) is 10.3 Å². The lowest BCUT2D eigenvalue weighted by Gasteiger charge is -2.27. The Hall–Kier alpha value is -1.85. The molecule has 0 spiro atoms. The minimum atomic E-state index is -1.11. The molecule has 0 aromatic carbocycles. The van der Waals surface area contributed by atoms with Crippen LogP contribution in [0.1, 0.15) is 32.9 Å². The van der Waals surface area contributed by atoms with E-state index in [0.29, 0.717) is 5.69 Å². The molecule has 0 saturated heterocycles. The van der Waals surface area contributed by atoms with Crippen LogP contribution in [-0.2, 0) is 9.59 Å². The van der Waals surface area contributed by atoms with Crippen LogP contribution in [0.25, 0.3) is 0 Å². The van der Waals surface area contributed by atoms with Crippen molar-refractivity contribution in [3.05, 3.63) is 12.0 Å². The maximum atomic E-state index is 11.8. The van der Waals surface area contributed by atoms with Crippen molar-refractivity contribution in [3.63, 3.8) is 0 Å². The van der Waals surface area contributed by atoms with Crippen LogP contribution in [0.2, 0.25) is 0 Å². The van der Waals surface area contributed by atoms with Gasteiger partial charge in [-0.15, -0.1) is 0 Å². The summed E-state index contributed by atoms with van der Waals surface area (Å²) < 4.78 is 4.98. The number of anilines is 1. The van der Waals surface area contributed by atoms with Crippen molar-refractivity contribution >= 4 is 17.9 Å². The normalized spacial score (nSPS) is 14.3. The number of hydrogen-bond acceptors (Lipinski definition) is 4. The molecule has 0 bridgehead atoms. The summed E-state index contributed by atoms with van der Waals surface area (Å²) in [5.41, 5.74) is -0.457. The van der Waals surface area contributed by atoms with E-state index in [0.717, 1.165) is 0 Å². The SMILES string of the molecule is Cc1coc(NC(=O)CC(C)(C(=O)O)C(C)C)n1. The maximum absolute atomic E-state index is 11.8. The number of rotatable bonds is 5. The number of carboxylic acid groups (broad SMARTS) is 1. The van der Waals surface area contributed by atoms with Gasteiger partial charge in [0.25, 0.3) is 0 Å². The van der Waals surface area contributed by atoms with Crippen molar-refractivity contribution < 1.29 is 19.1 Å². The molecule has 0 saturated carbocycles. The summed E-state index contributed by atoms with van der Waals surface area (Å²) in [7, 11) is 0. The number of carboxylic acids is 1. The molecule has 0 fully saturated rings. The first kappa shape index (κ1) is 14.2. The number of amides is 1. The third kappa shape index (κ3) is 3.09. The number of carbonyl (C=O) groups excluding carboxylic acids is 1. The van der Waals surface area contributed by atoms with E-state index in [9.17, 15) is 14.7 Å². The Morgan fingerprint density at radius 3 is 2.56 bits per heavy atom. The Balaban J connectivity index is 2.71. The van der Waals surface area contributed by atoms with Crippen molar-refractivity contribution in [2.45, 2.75) is 34.1 Å². The average molecular weight is 254 g/mol. The molecule has 1 rings (SSSR count). The van der Waals surface area contributed by atoms with Crippen LogP contribution < -0.4 is 5.32 Å². The lowest BCUT2D eigenvalue weighted by molar-refractivity contribution is -0.153. The van der Waals surface area contributed by atoms with E-state index in [1.807, 2.05) is 0 Å². The number of nitrogens with zero attached hydrogens (tertiary/aromatic N) is 1. The van der Waals surface area contributed by atoms with Crippen LogP contribution in [-0.4, -0.2) is 22.0 Å². The molecule has 6 heteroatoms. The molecule has 0 aliphatic rings. The van der Waals surface area contributed by atoms with Gasteiger partial charge in [0.15, 0.2) is 0 Å². The first-order valence-corrected chi connectivity index (χ1v) is 5.71. The van der Waals surface area contributed by atoms with Gasteiger partial charge in [-0.25, -0.2) is 0 Å². The Morgan fingerprint density at radius 2 is 2.17 bits per heavy atom. The molecule has 100 valence electrons. The highest BCUT2D eigenvalue weighted by molar-refractivity contribution is 5.92. The van der Waals surface area contributed by atoms with Crippen molar-refractivity contribution in [2.75, 3.05) is 5.32 Å². The minimum absolute atomic E-state index is 0.0917. The molecule has 1 amide bonds. The molecule has 1 heterocycles. The lowest BCUT2D eigenvalue weighted by atomic mass is 9.76. The zero-order valence-corrected chi connectivity index (χ0v) is 11.0. The molecule has 6 nitrogen and oxygen atoms in total. The second kappa shape index (κ2) is 5.20. The second-order valence-corrected chi connectivity index (χ2v) is 4.90. The Bertz CT molecular complexity index is 453. The van der Waals surface area contributed by atoms with Crippen molar-refractivity contribution in [3.8, 4) is 0 Å². The second-order valence-electron chi connectivity index (χ2n) is 4.90. The van der Waals surface area contributed by atoms with Crippen molar-refractivity contribution in [1.29, 1.82) is 0 Å². The molecular formula is C12H18N2O4. The van der Waals surface area contributed by atoms with Crippen molar-refractivity contribution in [2.24, 2.45) is 11.3 Å². The molecular weight excluding hydrogens is 236 g/mol. The zero-order valence-electron chi connectivity index (χ0n) is 11.0. The summed E-state index contributed by atoms with van der Waals surface area (Å²) in [6, 6.07) is 0.0917. The number of aliphatic carboxylic acids is 1. The molecule has 2 N–H and O–H groups in total. The van der Waals surface area contributed by atoms with Gasteiger partial charge >= 0.3 is 12.0 Å². The lowest BCUT2D eigenvalue weighted by Crippen LogP contribution is -2.37. The number of nitrogens with one attached hydrogen (secondary N) is 1. The van der Waals surface area contributed by atoms with Crippen LogP contribution in [0.3, 0.4) is 0 Å². The van der Waals surface area contributed by atoms with Gasteiger partial charge in [0, 0.05) is 6.42 Å². The number of hydrogen-bond donors (Lipinski definition) is 2. The van der Waals surface area contributed by atoms with E-state index in [1.165, 1.54) is 6.26 Å². The van der Waals surface area contributed by atoms with E-state index in [4.69, 9.17) is 4.42 Å². The summed E-state index contributed by atoms with van der Waals surface area (Å²) in [5.74, 6) is -1.57. The highest BCUT2D eigenvalue weighted by Gasteiger charge is 2.39. The zero-order chi connectivity index (χ0) is 13.9. The minimum Gasteiger partial charge on any atom is -0.481 e. The van der Waals surface area contributed by atoms with Crippen LogP contribution >= 0.6 is 0 Å². The fourth-order valence-electron chi connectivity index (χ4n) is 1.44. The highest BCUT2D eigenvalue weighted by atomic mass is 16.4. The average Bonchev–Trinajstić information content (AvgIpc) is 2.62. The summed E-state index contributed by atoms with van der Waals surface area (Å²) in [5, 5.41) is 11.7. The molecule has 0 aliphatic heterocycles. The summed E-state index contributed by atoms with van der Waals surface area (Å²) >= 11 is 0. The smallest absolute Gasteiger partial charge is 0.310 e. The largest absolute Gasteiger partial charge is 0.481 e. The van der Waals surface area contributed by atoms with Gasteiger partial charge in [0.05, 0.1) is 11.1 Å². The van der Waals surface area contributed by atoms with Gasteiger partial charge in [-0.3, -0.25) is 14.9 Å². The number of aromatic nitrogens is 1. The fourth-order valence-corrected chi connectivity index (χ4v) is 1.44. The number of aryl methyl sites for hydroxylation is 1. The third-order valence-corrected chi connectivity index (χ3v) is 3.16. The fraction of sp³-hybridized carbons (Fsp3) is 0.583. The Morgan fingerprint density at radius 1 is 1.56 bits per heavy atom.